The van der Waals surface area contributed by atoms with Crippen molar-refractivity contribution in [3.63, 3.8) is 0 Å². The molecule has 6 rings (SSSR count). The van der Waals surface area contributed by atoms with Crippen molar-refractivity contribution in [1.82, 2.24) is 29.0 Å². The van der Waals surface area contributed by atoms with E-state index in [-0.39, 0.29) is 18.5 Å². The molecule has 11 heteroatoms. The van der Waals surface area contributed by atoms with Crippen LogP contribution in [0.1, 0.15) is 60.9 Å². The Morgan fingerprint density at radius 1 is 1.07 bits per heavy atom. The van der Waals surface area contributed by atoms with Crippen molar-refractivity contribution in [2.24, 2.45) is 18.7 Å². The number of carbonyl (C=O) groups excluding carboxylic acids is 1. The summed E-state index contributed by atoms with van der Waals surface area (Å²) in [6.07, 6.45) is 5.18. The molecular weight excluding hydrogens is 520 g/mol. The van der Waals surface area contributed by atoms with Crippen LogP contribution >= 0.6 is 0 Å². The number of nitrogens with one attached hydrogen (secondary N) is 1. The highest BCUT2D eigenvalue weighted by Gasteiger charge is 2.33. The van der Waals surface area contributed by atoms with Gasteiger partial charge < -0.3 is 20.5 Å². The molecule has 4 heterocycles. The van der Waals surface area contributed by atoms with Crippen molar-refractivity contribution < 1.29 is 4.79 Å². The Hall–Kier alpha value is -3.99. The van der Waals surface area contributed by atoms with Gasteiger partial charge in [-0.3, -0.25) is 18.7 Å². The number of hydrogen-bond donors (Lipinski definition) is 2. The number of amides is 1. The Bertz CT molecular complexity index is 1760. The number of fused-ring (bicyclic) bond motifs is 2. The molecule has 3 N–H and O–H groups in total. The van der Waals surface area contributed by atoms with Gasteiger partial charge >= 0.3 is 5.69 Å². The molecule has 0 bridgehead atoms. The number of piperidine rings is 1. The summed E-state index contributed by atoms with van der Waals surface area (Å²) in [4.78, 5) is 53.2. The summed E-state index contributed by atoms with van der Waals surface area (Å²) in [7, 11) is 1.63. The van der Waals surface area contributed by atoms with E-state index in [0.29, 0.717) is 53.8 Å². The fraction of sp³-hybridized carbons (Fsp3) is 0.500. The number of nitrogens with two attached hydrogens (primary N) is 1. The second kappa shape index (κ2) is 10.8. The minimum absolute atomic E-state index is 0.0354. The zero-order chi connectivity index (χ0) is 28.8. The topological polar surface area (TPSA) is 133 Å². The fourth-order valence-corrected chi connectivity index (χ4v) is 6.34. The van der Waals surface area contributed by atoms with Gasteiger partial charge in [0.25, 0.3) is 11.5 Å². The molecular formula is C30H38N8O3. The maximum Gasteiger partial charge on any atom is 0.331 e. The summed E-state index contributed by atoms with van der Waals surface area (Å²) in [5.41, 5.74) is 7.98. The average molecular weight is 559 g/mol. The molecule has 0 unspecified atom stereocenters. The number of hydrogen-bond acceptors (Lipinski definition) is 7. The molecule has 1 atom stereocenters. The van der Waals surface area contributed by atoms with Gasteiger partial charge in [-0.05, 0) is 51.5 Å². The van der Waals surface area contributed by atoms with Gasteiger partial charge in [-0.25, -0.2) is 14.8 Å². The minimum Gasteiger partial charge on any atom is -0.356 e. The van der Waals surface area contributed by atoms with E-state index in [9.17, 15) is 14.4 Å². The number of aryl methyl sites for hydroxylation is 3. The zero-order valence-electron chi connectivity index (χ0n) is 24.0. The van der Waals surface area contributed by atoms with Crippen LogP contribution < -0.4 is 27.2 Å². The molecule has 1 amide bonds. The average Bonchev–Trinajstić information content (AvgIpc) is 3.29. The van der Waals surface area contributed by atoms with Gasteiger partial charge in [0, 0.05) is 50.3 Å². The highest BCUT2D eigenvalue weighted by atomic mass is 16.2. The minimum atomic E-state index is -0.514. The first-order valence-corrected chi connectivity index (χ1v) is 14.7. The van der Waals surface area contributed by atoms with Crippen LogP contribution in [0.4, 0.5) is 5.82 Å². The summed E-state index contributed by atoms with van der Waals surface area (Å²) in [5.74, 6) is 1.25. The number of nitrogens with zero attached hydrogens (tertiary/aromatic N) is 6. The third kappa shape index (κ3) is 4.71. The highest BCUT2D eigenvalue weighted by Crippen LogP contribution is 2.33. The molecule has 216 valence electrons. The van der Waals surface area contributed by atoms with Crippen molar-refractivity contribution in [2.45, 2.75) is 65.1 Å². The lowest BCUT2D eigenvalue weighted by Crippen LogP contribution is -2.44. The first-order valence-electron chi connectivity index (χ1n) is 14.7. The Labute approximate surface area is 238 Å². The molecule has 2 fully saturated rings. The highest BCUT2D eigenvalue weighted by molar-refractivity contribution is 6.11. The second-order valence-electron chi connectivity index (χ2n) is 11.5. The van der Waals surface area contributed by atoms with E-state index in [1.54, 1.807) is 7.05 Å². The van der Waals surface area contributed by atoms with Crippen LogP contribution in [0.15, 0.2) is 33.9 Å². The number of para-hydroxylation sites is 1. The summed E-state index contributed by atoms with van der Waals surface area (Å²) in [5, 5.41) is 4.04. The summed E-state index contributed by atoms with van der Waals surface area (Å²) >= 11 is 0. The van der Waals surface area contributed by atoms with Crippen molar-refractivity contribution in [3.05, 3.63) is 62.2 Å². The normalized spacial score (nSPS) is 17.8. The Kier molecular flexibility index (Phi) is 7.14. The first-order chi connectivity index (χ1) is 19.8. The molecule has 1 aliphatic heterocycles. The SMILES string of the molecule is CCn1c(N2CCC[C@@H](N)C2)c(C(=O)NCC2CCC2)c2c1c(=O)n(Cc1nc(C)c3ccccc3n1)c(=O)n2C. The maximum absolute atomic E-state index is 14.2. The summed E-state index contributed by atoms with van der Waals surface area (Å²) in [6.45, 7) is 6.10. The molecule has 3 aromatic heterocycles. The summed E-state index contributed by atoms with van der Waals surface area (Å²) in [6, 6.07) is 7.63. The molecule has 1 saturated heterocycles. The molecule has 4 aromatic rings. The van der Waals surface area contributed by atoms with Crippen LogP contribution in [0.2, 0.25) is 0 Å². The quantitative estimate of drug-likeness (QED) is 0.356. The number of anilines is 1. The van der Waals surface area contributed by atoms with Crippen LogP contribution in [0.5, 0.6) is 0 Å². The van der Waals surface area contributed by atoms with E-state index in [4.69, 9.17) is 5.73 Å². The fourth-order valence-electron chi connectivity index (χ4n) is 6.34. The predicted molar refractivity (Wildman–Crippen MR) is 160 cm³/mol. The third-order valence-electron chi connectivity index (χ3n) is 8.73. The smallest absolute Gasteiger partial charge is 0.331 e. The molecule has 0 radical (unpaired) electrons. The Morgan fingerprint density at radius 2 is 1.85 bits per heavy atom. The van der Waals surface area contributed by atoms with Crippen LogP contribution in [0.25, 0.3) is 21.9 Å². The third-order valence-corrected chi connectivity index (χ3v) is 8.73. The van der Waals surface area contributed by atoms with Gasteiger partial charge in [0.15, 0.2) is 0 Å². The summed E-state index contributed by atoms with van der Waals surface area (Å²) < 4.78 is 4.50. The standard InChI is InChI=1S/C30H38N8O3/c1-4-37-26-25(24(27(39)32-15-19-9-7-10-19)28(37)36-14-8-11-20(31)16-36)35(3)30(41)38(29(26)40)17-23-33-18(2)21-12-5-6-13-22(21)34-23/h5-6,12-13,19-20H,4,7-11,14-17,31H2,1-3H3,(H,32,39)/t20-/m1/s1. The van der Waals surface area contributed by atoms with E-state index in [1.165, 1.54) is 15.6 Å². The van der Waals surface area contributed by atoms with Gasteiger partial charge in [-0.2, -0.15) is 0 Å². The largest absolute Gasteiger partial charge is 0.356 e. The first kappa shape index (κ1) is 27.2. The van der Waals surface area contributed by atoms with Crippen molar-refractivity contribution in [3.8, 4) is 0 Å². The van der Waals surface area contributed by atoms with Gasteiger partial charge in [0.2, 0.25) is 0 Å². The Balaban J connectivity index is 1.53. The molecule has 1 saturated carbocycles. The van der Waals surface area contributed by atoms with E-state index in [1.807, 2.05) is 42.7 Å². The van der Waals surface area contributed by atoms with Gasteiger partial charge in [0.05, 0.1) is 17.6 Å². The zero-order valence-corrected chi connectivity index (χ0v) is 24.0. The van der Waals surface area contributed by atoms with Crippen LogP contribution in [-0.2, 0) is 20.1 Å². The molecule has 2 aliphatic rings. The lowest BCUT2D eigenvalue weighted by molar-refractivity contribution is 0.0940. The monoisotopic (exact) mass is 558 g/mol. The molecule has 1 aromatic carbocycles. The van der Waals surface area contributed by atoms with Crippen molar-refractivity contribution >= 4 is 33.7 Å². The van der Waals surface area contributed by atoms with Gasteiger partial charge in [-0.15, -0.1) is 0 Å². The number of carbonyl (C=O) groups is 1. The molecule has 0 spiro atoms. The number of rotatable bonds is 7. The Morgan fingerprint density at radius 3 is 2.56 bits per heavy atom. The lowest BCUT2D eigenvalue weighted by Gasteiger charge is -2.34. The number of benzene rings is 1. The van der Waals surface area contributed by atoms with E-state index >= 15 is 0 Å². The maximum atomic E-state index is 14.2. The molecule has 1 aliphatic carbocycles. The molecule has 11 nitrogen and oxygen atoms in total. The van der Waals surface area contributed by atoms with Crippen LogP contribution in [-0.4, -0.2) is 55.3 Å². The van der Waals surface area contributed by atoms with Crippen LogP contribution in [0.3, 0.4) is 0 Å². The van der Waals surface area contributed by atoms with Gasteiger partial charge in [0.1, 0.15) is 22.7 Å². The predicted octanol–water partition coefficient (Wildman–Crippen LogP) is 2.28. The molecule has 41 heavy (non-hydrogen) atoms. The van der Waals surface area contributed by atoms with Crippen molar-refractivity contribution in [1.29, 1.82) is 0 Å². The second-order valence-corrected chi connectivity index (χ2v) is 11.5. The van der Waals surface area contributed by atoms with E-state index in [0.717, 1.165) is 48.8 Å². The van der Waals surface area contributed by atoms with Crippen molar-refractivity contribution in [2.75, 3.05) is 24.5 Å². The number of aromatic nitrogens is 5. The van der Waals surface area contributed by atoms with Crippen LogP contribution in [0, 0.1) is 12.8 Å². The van der Waals surface area contributed by atoms with E-state index < -0.39 is 11.2 Å². The van der Waals surface area contributed by atoms with Gasteiger partial charge in [-0.1, -0.05) is 24.6 Å². The lowest BCUT2D eigenvalue weighted by atomic mass is 9.85. The van der Waals surface area contributed by atoms with E-state index in [2.05, 4.69) is 20.2 Å².